The number of imide groups is 1. The number of benzene rings is 1. The highest BCUT2D eigenvalue weighted by molar-refractivity contribution is 6.05. The van der Waals surface area contributed by atoms with Gasteiger partial charge < -0.3 is 10.2 Å². The number of amides is 3. The van der Waals surface area contributed by atoms with Crippen LogP contribution in [0.15, 0.2) is 18.2 Å². The van der Waals surface area contributed by atoms with Gasteiger partial charge in [0.1, 0.15) is 6.04 Å². The number of fused-ring (bicyclic) bond motifs is 1. The molecule has 2 saturated heterocycles. The lowest BCUT2D eigenvalue weighted by Gasteiger charge is -2.39. The van der Waals surface area contributed by atoms with E-state index in [0.717, 1.165) is 37.3 Å². The maximum atomic E-state index is 12.9. The van der Waals surface area contributed by atoms with Crippen molar-refractivity contribution in [2.24, 2.45) is 0 Å². The summed E-state index contributed by atoms with van der Waals surface area (Å²) in [6, 6.07) is 5.50. The number of carbonyl (C=O) groups excluding carboxylic acids is 3. The quantitative estimate of drug-likeness (QED) is 0.763. The van der Waals surface area contributed by atoms with E-state index < -0.39 is 6.04 Å². The smallest absolute Gasteiger partial charge is 0.255 e. The number of piperazine rings is 1. The zero-order valence-corrected chi connectivity index (χ0v) is 15.9. The lowest BCUT2D eigenvalue weighted by atomic mass is 10.0. The van der Waals surface area contributed by atoms with Crippen molar-refractivity contribution in [1.29, 1.82) is 0 Å². The molecule has 7 heteroatoms. The van der Waals surface area contributed by atoms with Crippen LogP contribution in [-0.4, -0.2) is 58.7 Å². The maximum Gasteiger partial charge on any atom is 0.255 e. The minimum Gasteiger partial charge on any atom is -0.322 e. The molecule has 1 aromatic carbocycles. The standard InChI is InChI=1S/C20H26N4O3/c1-20(2)12-23(8-7-21-20)10-13-3-4-14-11-24(19(27)15(14)9-13)16-5-6-17(25)22-18(16)26/h3-4,9,16,21H,5-8,10-12H2,1-2H3,(H,22,25,26). The van der Waals surface area contributed by atoms with Gasteiger partial charge in [-0.05, 0) is 37.5 Å². The zero-order valence-electron chi connectivity index (χ0n) is 15.9. The highest BCUT2D eigenvalue weighted by Gasteiger charge is 2.39. The van der Waals surface area contributed by atoms with Crippen LogP contribution in [0.2, 0.25) is 0 Å². The predicted molar refractivity (Wildman–Crippen MR) is 99.8 cm³/mol. The summed E-state index contributed by atoms with van der Waals surface area (Å²) in [4.78, 5) is 40.4. The zero-order chi connectivity index (χ0) is 19.2. The molecule has 144 valence electrons. The van der Waals surface area contributed by atoms with E-state index >= 15 is 0 Å². The molecule has 0 spiro atoms. The van der Waals surface area contributed by atoms with Crippen molar-refractivity contribution < 1.29 is 14.4 Å². The van der Waals surface area contributed by atoms with Gasteiger partial charge in [0.25, 0.3) is 5.91 Å². The monoisotopic (exact) mass is 370 g/mol. The third kappa shape index (κ3) is 3.61. The van der Waals surface area contributed by atoms with Crippen LogP contribution >= 0.6 is 0 Å². The van der Waals surface area contributed by atoms with E-state index in [0.29, 0.717) is 18.5 Å². The minimum atomic E-state index is -0.556. The van der Waals surface area contributed by atoms with Crippen LogP contribution < -0.4 is 10.6 Å². The third-order valence-corrected chi connectivity index (χ3v) is 5.65. The minimum absolute atomic E-state index is 0.0906. The van der Waals surface area contributed by atoms with Crippen molar-refractivity contribution in [3.8, 4) is 0 Å². The van der Waals surface area contributed by atoms with Crippen LogP contribution in [0.1, 0.15) is 48.2 Å². The van der Waals surface area contributed by atoms with E-state index in [1.165, 1.54) is 0 Å². The Morgan fingerprint density at radius 2 is 2.04 bits per heavy atom. The summed E-state index contributed by atoms with van der Waals surface area (Å²) in [6.07, 6.45) is 0.674. The Labute approximate surface area is 159 Å². The normalized spacial score (nSPS) is 25.5. The number of hydrogen-bond donors (Lipinski definition) is 2. The Kier molecular flexibility index (Phi) is 4.52. The van der Waals surface area contributed by atoms with Crippen LogP contribution in [0.3, 0.4) is 0 Å². The van der Waals surface area contributed by atoms with E-state index in [1.54, 1.807) is 4.90 Å². The van der Waals surface area contributed by atoms with Gasteiger partial charge in [-0.25, -0.2) is 0 Å². The van der Waals surface area contributed by atoms with Crippen LogP contribution in [0, 0.1) is 0 Å². The van der Waals surface area contributed by atoms with E-state index in [-0.39, 0.29) is 29.7 Å². The average molecular weight is 370 g/mol. The van der Waals surface area contributed by atoms with Gasteiger partial charge in [-0.15, -0.1) is 0 Å². The predicted octanol–water partition coefficient (Wildman–Crippen LogP) is 0.631. The summed E-state index contributed by atoms with van der Waals surface area (Å²) >= 11 is 0. The first kappa shape index (κ1) is 18.1. The lowest BCUT2D eigenvalue weighted by Crippen LogP contribution is -2.56. The first-order chi connectivity index (χ1) is 12.8. The lowest BCUT2D eigenvalue weighted by molar-refractivity contribution is -0.136. The van der Waals surface area contributed by atoms with Crippen LogP contribution in [0.25, 0.3) is 0 Å². The van der Waals surface area contributed by atoms with Crippen molar-refractivity contribution in [1.82, 2.24) is 20.4 Å². The van der Waals surface area contributed by atoms with Gasteiger partial charge >= 0.3 is 0 Å². The van der Waals surface area contributed by atoms with Gasteiger partial charge in [0, 0.05) is 50.2 Å². The molecule has 2 N–H and O–H groups in total. The summed E-state index contributed by atoms with van der Waals surface area (Å²) in [5, 5.41) is 5.85. The number of nitrogens with zero attached hydrogens (tertiary/aromatic N) is 2. The van der Waals surface area contributed by atoms with Crippen molar-refractivity contribution in [2.75, 3.05) is 19.6 Å². The molecule has 1 unspecified atom stereocenters. The summed E-state index contributed by atoms with van der Waals surface area (Å²) in [5.74, 6) is -0.737. The van der Waals surface area contributed by atoms with Crippen LogP contribution in [0.5, 0.6) is 0 Å². The number of rotatable bonds is 3. The fourth-order valence-electron chi connectivity index (χ4n) is 4.34. The van der Waals surface area contributed by atoms with Gasteiger partial charge in [0.05, 0.1) is 0 Å². The maximum absolute atomic E-state index is 12.9. The second kappa shape index (κ2) is 6.73. The highest BCUT2D eigenvalue weighted by Crippen LogP contribution is 2.28. The SMILES string of the molecule is CC1(C)CN(Cc2ccc3c(c2)C(=O)N(C2CCC(=O)NC2=O)C3)CCN1. The summed E-state index contributed by atoms with van der Waals surface area (Å²) in [7, 11) is 0. The molecule has 0 saturated carbocycles. The van der Waals surface area contributed by atoms with Gasteiger partial charge in [-0.2, -0.15) is 0 Å². The molecule has 3 aliphatic rings. The largest absolute Gasteiger partial charge is 0.322 e. The Morgan fingerprint density at radius 3 is 2.78 bits per heavy atom. The van der Waals surface area contributed by atoms with Crippen LogP contribution in [0.4, 0.5) is 0 Å². The molecular formula is C20H26N4O3. The topological polar surface area (TPSA) is 81.8 Å². The second-order valence-electron chi connectivity index (χ2n) is 8.41. The van der Waals surface area contributed by atoms with Crippen molar-refractivity contribution in [3.63, 3.8) is 0 Å². The molecule has 0 radical (unpaired) electrons. The third-order valence-electron chi connectivity index (χ3n) is 5.65. The number of nitrogens with one attached hydrogen (secondary N) is 2. The molecule has 2 fully saturated rings. The molecule has 4 rings (SSSR count). The Bertz CT molecular complexity index is 804. The number of carbonyl (C=O) groups is 3. The Balaban J connectivity index is 1.48. The molecule has 0 aromatic heterocycles. The second-order valence-corrected chi connectivity index (χ2v) is 8.41. The molecule has 3 heterocycles. The highest BCUT2D eigenvalue weighted by atomic mass is 16.2. The van der Waals surface area contributed by atoms with Crippen LogP contribution in [-0.2, 0) is 22.7 Å². The van der Waals surface area contributed by atoms with E-state index in [2.05, 4.69) is 35.4 Å². The average Bonchev–Trinajstić information content (AvgIpc) is 2.91. The first-order valence-electron chi connectivity index (χ1n) is 9.56. The van der Waals surface area contributed by atoms with Crippen molar-refractivity contribution in [2.45, 2.75) is 51.4 Å². The summed E-state index contributed by atoms with van der Waals surface area (Å²) in [5.41, 5.74) is 2.85. The van der Waals surface area contributed by atoms with Gasteiger partial charge in [0.15, 0.2) is 0 Å². The van der Waals surface area contributed by atoms with Gasteiger partial charge in [-0.3, -0.25) is 24.6 Å². The van der Waals surface area contributed by atoms with Crippen molar-refractivity contribution >= 4 is 17.7 Å². The van der Waals surface area contributed by atoms with E-state index in [9.17, 15) is 14.4 Å². The van der Waals surface area contributed by atoms with Gasteiger partial charge in [0.2, 0.25) is 11.8 Å². The fraction of sp³-hybridized carbons (Fsp3) is 0.550. The molecular weight excluding hydrogens is 344 g/mol. The number of piperidine rings is 1. The fourth-order valence-corrected chi connectivity index (χ4v) is 4.34. The number of hydrogen-bond acceptors (Lipinski definition) is 5. The van der Waals surface area contributed by atoms with E-state index in [4.69, 9.17) is 0 Å². The van der Waals surface area contributed by atoms with Gasteiger partial charge in [-0.1, -0.05) is 12.1 Å². The van der Waals surface area contributed by atoms with Crippen molar-refractivity contribution in [3.05, 3.63) is 34.9 Å². The molecule has 0 bridgehead atoms. The van der Waals surface area contributed by atoms with E-state index in [1.807, 2.05) is 12.1 Å². The summed E-state index contributed by atoms with van der Waals surface area (Å²) in [6.45, 7) is 8.54. The molecule has 0 aliphatic carbocycles. The molecule has 3 amide bonds. The molecule has 27 heavy (non-hydrogen) atoms. The molecule has 7 nitrogen and oxygen atoms in total. The first-order valence-corrected chi connectivity index (χ1v) is 9.56. The summed E-state index contributed by atoms with van der Waals surface area (Å²) < 4.78 is 0. The molecule has 1 atom stereocenters. The Morgan fingerprint density at radius 1 is 1.22 bits per heavy atom. The molecule has 3 aliphatic heterocycles. The Hall–Kier alpha value is -2.25. The molecule has 1 aromatic rings.